The summed E-state index contributed by atoms with van der Waals surface area (Å²) >= 11 is 0. The number of nitrogens with zero attached hydrogens (tertiary/aromatic N) is 2. The van der Waals surface area contributed by atoms with Gasteiger partial charge in [0.05, 0.1) is 18.3 Å². The molecule has 2 atom stereocenters. The van der Waals surface area contributed by atoms with Crippen molar-refractivity contribution in [2.75, 3.05) is 32.1 Å². The Balaban J connectivity index is 1.71. The number of aromatic nitrogens is 1. The van der Waals surface area contributed by atoms with Gasteiger partial charge in [-0.05, 0) is 30.9 Å². The second kappa shape index (κ2) is 8.13. The third-order valence-electron chi connectivity index (χ3n) is 4.22. The Morgan fingerprint density at radius 3 is 2.77 bits per heavy atom. The fourth-order valence-electron chi connectivity index (χ4n) is 2.79. The van der Waals surface area contributed by atoms with Gasteiger partial charge < -0.3 is 15.0 Å². The molecule has 0 bridgehead atoms. The Kier molecular flexibility index (Phi) is 6.19. The number of nitrogens with one attached hydrogen (secondary N) is 1. The van der Waals surface area contributed by atoms with Gasteiger partial charge in [0.2, 0.25) is 0 Å². The first kappa shape index (κ1) is 16.7. The van der Waals surface area contributed by atoms with E-state index in [1.807, 2.05) is 25.1 Å². The van der Waals surface area contributed by atoms with Gasteiger partial charge in [-0.1, -0.05) is 19.8 Å². The molecule has 1 N–H and O–H groups in total. The van der Waals surface area contributed by atoms with Gasteiger partial charge in [0.1, 0.15) is 5.82 Å². The molecule has 1 aromatic rings. The van der Waals surface area contributed by atoms with Crippen molar-refractivity contribution in [1.29, 1.82) is 0 Å². The molecule has 122 valence electrons. The third-order valence-corrected chi connectivity index (χ3v) is 4.22. The van der Waals surface area contributed by atoms with Crippen LogP contribution in [0, 0.1) is 5.92 Å². The van der Waals surface area contributed by atoms with Crippen LogP contribution in [0.3, 0.4) is 0 Å². The van der Waals surface area contributed by atoms with E-state index in [0.717, 1.165) is 12.2 Å². The predicted molar refractivity (Wildman–Crippen MR) is 88.3 cm³/mol. The van der Waals surface area contributed by atoms with Crippen LogP contribution in [-0.4, -0.2) is 44.2 Å². The minimum atomic E-state index is -0.0990. The molecule has 0 radical (unpaired) electrons. The van der Waals surface area contributed by atoms with Crippen LogP contribution in [0.1, 0.15) is 43.0 Å². The summed E-state index contributed by atoms with van der Waals surface area (Å²) in [6.07, 6.45) is 6.92. The van der Waals surface area contributed by atoms with E-state index >= 15 is 0 Å². The van der Waals surface area contributed by atoms with Gasteiger partial charge in [0.25, 0.3) is 5.91 Å². The molecule has 1 amide bonds. The first-order valence-corrected chi connectivity index (χ1v) is 8.11. The van der Waals surface area contributed by atoms with Crippen LogP contribution in [0.25, 0.3) is 0 Å². The maximum Gasteiger partial charge on any atom is 0.252 e. The number of pyridine rings is 1. The van der Waals surface area contributed by atoms with Crippen molar-refractivity contribution in [2.24, 2.45) is 5.92 Å². The Morgan fingerprint density at radius 1 is 1.36 bits per heavy atom. The number of amides is 1. The highest BCUT2D eigenvalue weighted by atomic mass is 16.5. The topological polar surface area (TPSA) is 54.5 Å². The zero-order valence-electron chi connectivity index (χ0n) is 13.8. The van der Waals surface area contributed by atoms with Crippen LogP contribution in [0.5, 0.6) is 0 Å². The van der Waals surface area contributed by atoms with E-state index in [1.165, 1.54) is 19.3 Å². The van der Waals surface area contributed by atoms with Crippen molar-refractivity contribution >= 4 is 11.7 Å². The normalized spacial score (nSPS) is 21.4. The highest BCUT2D eigenvalue weighted by molar-refractivity contribution is 5.94. The molecule has 1 aromatic heterocycles. The van der Waals surface area contributed by atoms with E-state index < -0.39 is 0 Å². The van der Waals surface area contributed by atoms with Crippen LogP contribution in [0.2, 0.25) is 0 Å². The molecular weight excluding hydrogens is 278 g/mol. The molecular formula is C17H27N3O2. The molecule has 0 saturated heterocycles. The molecule has 5 heteroatoms. The second-order valence-electron chi connectivity index (χ2n) is 6.23. The quantitative estimate of drug-likeness (QED) is 0.820. The molecule has 2 rings (SSSR count). The van der Waals surface area contributed by atoms with Crippen LogP contribution in [-0.2, 0) is 4.74 Å². The highest BCUT2D eigenvalue weighted by Gasteiger charge is 2.21. The minimum absolute atomic E-state index is 0.0990. The average Bonchev–Trinajstić information content (AvgIpc) is 2.53. The molecule has 0 aliphatic heterocycles. The number of carbonyl (C=O) groups excluding carboxylic acids is 1. The number of anilines is 1. The second-order valence-corrected chi connectivity index (χ2v) is 6.23. The maximum atomic E-state index is 12.0. The fraction of sp³-hybridized carbons (Fsp3) is 0.647. The molecule has 1 aliphatic rings. The highest BCUT2D eigenvalue weighted by Crippen LogP contribution is 2.25. The summed E-state index contributed by atoms with van der Waals surface area (Å²) in [4.78, 5) is 18.2. The molecule has 0 unspecified atom stereocenters. The van der Waals surface area contributed by atoms with Crippen molar-refractivity contribution in [3.05, 3.63) is 23.9 Å². The van der Waals surface area contributed by atoms with Crippen LogP contribution in [0.4, 0.5) is 5.82 Å². The molecule has 5 nitrogen and oxygen atoms in total. The molecule has 0 spiro atoms. The third kappa shape index (κ3) is 4.70. The average molecular weight is 305 g/mol. The standard InChI is InChI=1S/C17H27N3O2/c1-13-6-4-5-7-15(13)22-11-10-18-17(21)14-8-9-16(19-12-14)20(2)3/h8-9,12-13,15H,4-7,10-11H2,1-3H3,(H,18,21)/t13-,15-/m0/s1. The summed E-state index contributed by atoms with van der Waals surface area (Å²) < 4.78 is 5.90. The van der Waals surface area contributed by atoms with Crippen LogP contribution < -0.4 is 10.2 Å². The first-order valence-electron chi connectivity index (χ1n) is 8.11. The Hall–Kier alpha value is -1.62. The number of rotatable bonds is 6. The van der Waals surface area contributed by atoms with Gasteiger partial charge in [-0.15, -0.1) is 0 Å². The minimum Gasteiger partial charge on any atom is -0.376 e. The maximum absolute atomic E-state index is 12.0. The molecule has 1 aliphatic carbocycles. The Bertz CT molecular complexity index is 473. The van der Waals surface area contributed by atoms with E-state index in [9.17, 15) is 4.79 Å². The Morgan fingerprint density at radius 2 is 2.14 bits per heavy atom. The van der Waals surface area contributed by atoms with E-state index in [2.05, 4.69) is 17.2 Å². The number of carbonyl (C=O) groups is 1. The number of hydrogen-bond acceptors (Lipinski definition) is 4. The van der Waals surface area contributed by atoms with Crippen molar-refractivity contribution < 1.29 is 9.53 Å². The van der Waals surface area contributed by atoms with Crippen LogP contribution >= 0.6 is 0 Å². The van der Waals surface area contributed by atoms with E-state index in [0.29, 0.717) is 30.7 Å². The van der Waals surface area contributed by atoms with Gasteiger partial charge >= 0.3 is 0 Å². The summed E-state index contributed by atoms with van der Waals surface area (Å²) in [5.74, 6) is 1.37. The zero-order chi connectivity index (χ0) is 15.9. The summed E-state index contributed by atoms with van der Waals surface area (Å²) in [6.45, 7) is 3.36. The van der Waals surface area contributed by atoms with Gasteiger partial charge in [0, 0.05) is 26.8 Å². The first-order chi connectivity index (χ1) is 10.6. The lowest BCUT2D eigenvalue weighted by molar-refractivity contribution is -0.00294. The fourth-order valence-corrected chi connectivity index (χ4v) is 2.79. The lowest BCUT2D eigenvalue weighted by Crippen LogP contribution is -2.31. The molecule has 22 heavy (non-hydrogen) atoms. The van der Waals surface area contributed by atoms with Crippen molar-refractivity contribution in [1.82, 2.24) is 10.3 Å². The van der Waals surface area contributed by atoms with Gasteiger partial charge in [-0.3, -0.25) is 4.79 Å². The lowest BCUT2D eigenvalue weighted by Gasteiger charge is -2.28. The zero-order valence-corrected chi connectivity index (χ0v) is 13.8. The van der Waals surface area contributed by atoms with Gasteiger partial charge in [0.15, 0.2) is 0 Å². The molecule has 1 heterocycles. The molecule has 1 saturated carbocycles. The summed E-state index contributed by atoms with van der Waals surface area (Å²) in [5, 5.41) is 2.88. The predicted octanol–water partition coefficient (Wildman–Crippen LogP) is 2.47. The van der Waals surface area contributed by atoms with E-state index in [-0.39, 0.29) is 5.91 Å². The Labute approximate surface area is 133 Å². The summed E-state index contributed by atoms with van der Waals surface area (Å²) in [7, 11) is 3.84. The number of hydrogen-bond donors (Lipinski definition) is 1. The van der Waals surface area contributed by atoms with E-state index in [4.69, 9.17) is 4.74 Å². The largest absolute Gasteiger partial charge is 0.376 e. The van der Waals surface area contributed by atoms with Crippen molar-refractivity contribution in [3.63, 3.8) is 0 Å². The monoisotopic (exact) mass is 305 g/mol. The summed E-state index contributed by atoms with van der Waals surface area (Å²) in [5.41, 5.74) is 0.580. The molecule has 0 aromatic carbocycles. The molecule has 1 fully saturated rings. The van der Waals surface area contributed by atoms with Crippen molar-refractivity contribution in [2.45, 2.75) is 38.7 Å². The smallest absolute Gasteiger partial charge is 0.252 e. The lowest BCUT2D eigenvalue weighted by atomic mass is 9.88. The van der Waals surface area contributed by atoms with Crippen LogP contribution in [0.15, 0.2) is 18.3 Å². The number of ether oxygens (including phenoxy) is 1. The van der Waals surface area contributed by atoms with E-state index in [1.54, 1.807) is 12.3 Å². The van der Waals surface area contributed by atoms with Gasteiger partial charge in [-0.25, -0.2) is 4.98 Å². The van der Waals surface area contributed by atoms with Crippen molar-refractivity contribution in [3.8, 4) is 0 Å². The summed E-state index contributed by atoms with van der Waals surface area (Å²) in [6, 6.07) is 3.64. The SMILES string of the molecule is C[C@H]1CCCC[C@@H]1OCCNC(=O)c1ccc(N(C)C)nc1. The van der Waals surface area contributed by atoms with Gasteiger partial charge in [-0.2, -0.15) is 0 Å².